The van der Waals surface area contributed by atoms with Gasteiger partial charge in [-0.15, -0.1) is 11.3 Å². The van der Waals surface area contributed by atoms with E-state index in [1.54, 1.807) is 5.48 Å². The van der Waals surface area contributed by atoms with Gasteiger partial charge in [-0.05, 0) is 23.6 Å². The Hall–Kier alpha value is -2.97. The third kappa shape index (κ3) is 3.59. The number of hydrogen-bond donors (Lipinski definition) is 3. The molecule has 0 radical (unpaired) electrons. The number of rotatable bonds is 5. The quantitative estimate of drug-likeness (QED) is 0.481. The molecule has 0 spiro atoms. The number of hydrogen-bond acceptors (Lipinski definition) is 6. The van der Waals surface area contributed by atoms with E-state index in [1.165, 1.54) is 30.7 Å². The molecule has 0 aliphatic heterocycles. The normalized spacial score (nSPS) is 10.5. The van der Waals surface area contributed by atoms with E-state index in [0.717, 1.165) is 10.1 Å². The van der Waals surface area contributed by atoms with Crippen molar-refractivity contribution in [3.05, 3.63) is 58.6 Å². The number of aromatic nitrogens is 1. The van der Waals surface area contributed by atoms with Gasteiger partial charge in [0.15, 0.2) is 0 Å². The van der Waals surface area contributed by atoms with E-state index < -0.39 is 5.91 Å². The van der Waals surface area contributed by atoms with Crippen molar-refractivity contribution < 1.29 is 19.5 Å². The Morgan fingerprint density at radius 3 is 2.76 bits per heavy atom. The number of carbonyl (C=O) groups excluding carboxylic acids is 2. The number of carbonyl (C=O) groups is 2. The van der Waals surface area contributed by atoms with Crippen LogP contribution in [0.5, 0.6) is 5.88 Å². The maximum absolute atomic E-state index is 12.4. The summed E-state index contributed by atoms with van der Waals surface area (Å²) in [5.41, 5.74) is 2.23. The van der Waals surface area contributed by atoms with Gasteiger partial charge in [0.05, 0.1) is 17.6 Å². The summed E-state index contributed by atoms with van der Waals surface area (Å²) in [6.45, 7) is 0.135. The average molecular weight is 357 g/mol. The van der Waals surface area contributed by atoms with Crippen LogP contribution in [0.1, 0.15) is 25.6 Å². The molecule has 2 aromatic heterocycles. The monoisotopic (exact) mass is 357 g/mol. The summed E-state index contributed by atoms with van der Waals surface area (Å²) in [6.07, 6.45) is 1.28. The van der Waals surface area contributed by atoms with Crippen molar-refractivity contribution in [2.45, 2.75) is 6.54 Å². The van der Waals surface area contributed by atoms with E-state index in [2.05, 4.69) is 10.3 Å². The van der Waals surface area contributed by atoms with Gasteiger partial charge < -0.3 is 10.1 Å². The highest BCUT2D eigenvalue weighted by Gasteiger charge is 2.14. The molecule has 8 heteroatoms. The van der Waals surface area contributed by atoms with Crippen molar-refractivity contribution in [3.8, 4) is 5.88 Å². The first-order valence-corrected chi connectivity index (χ1v) is 8.18. The van der Waals surface area contributed by atoms with E-state index in [4.69, 9.17) is 9.94 Å². The highest BCUT2D eigenvalue weighted by molar-refractivity contribution is 7.20. The number of methoxy groups -OCH3 is 1. The van der Waals surface area contributed by atoms with Crippen LogP contribution in [0.3, 0.4) is 0 Å². The Balaban J connectivity index is 1.77. The van der Waals surface area contributed by atoms with Crippen molar-refractivity contribution in [1.82, 2.24) is 15.8 Å². The van der Waals surface area contributed by atoms with Crippen LogP contribution in [0.4, 0.5) is 0 Å². The van der Waals surface area contributed by atoms with Crippen LogP contribution >= 0.6 is 11.3 Å². The molecule has 25 heavy (non-hydrogen) atoms. The van der Waals surface area contributed by atoms with Crippen molar-refractivity contribution in [3.63, 3.8) is 0 Å². The standard InChI is InChI=1S/C17H15N3O4S/c1-24-17-12(6-11(8-19-17)15(21)20-23)9-18-16(22)14-7-10-4-2-3-5-13(10)25-14/h2-8,23H,9H2,1H3,(H,18,22)(H,20,21). The Kier molecular flexibility index (Phi) is 4.92. The van der Waals surface area contributed by atoms with Crippen LogP contribution in [-0.4, -0.2) is 29.1 Å². The molecule has 0 saturated carbocycles. The highest BCUT2D eigenvalue weighted by Crippen LogP contribution is 2.25. The molecule has 7 nitrogen and oxygen atoms in total. The summed E-state index contributed by atoms with van der Waals surface area (Å²) in [7, 11) is 1.45. The Labute approximate surface area is 147 Å². The number of nitrogens with zero attached hydrogens (tertiary/aromatic N) is 1. The van der Waals surface area contributed by atoms with Crippen molar-refractivity contribution >= 4 is 33.2 Å². The first kappa shape index (κ1) is 16.9. The maximum Gasteiger partial charge on any atom is 0.276 e. The number of thiophene rings is 1. The minimum Gasteiger partial charge on any atom is -0.481 e. The third-order valence-electron chi connectivity index (χ3n) is 3.57. The number of benzene rings is 1. The number of amides is 2. The fraction of sp³-hybridized carbons (Fsp3) is 0.118. The van der Waals surface area contributed by atoms with Crippen LogP contribution in [0.2, 0.25) is 0 Å². The van der Waals surface area contributed by atoms with Crippen molar-refractivity contribution in [1.29, 1.82) is 0 Å². The SMILES string of the molecule is COc1ncc(C(=O)NO)cc1CNC(=O)c1cc2ccccc2s1. The smallest absolute Gasteiger partial charge is 0.276 e. The Morgan fingerprint density at radius 2 is 2.04 bits per heavy atom. The lowest BCUT2D eigenvalue weighted by atomic mass is 10.2. The second-order valence-corrected chi connectivity index (χ2v) is 6.25. The second-order valence-electron chi connectivity index (χ2n) is 5.16. The fourth-order valence-electron chi connectivity index (χ4n) is 2.35. The minimum absolute atomic E-state index is 0.135. The van der Waals surface area contributed by atoms with E-state index in [-0.39, 0.29) is 18.0 Å². The lowest BCUT2D eigenvalue weighted by molar-refractivity contribution is 0.0705. The van der Waals surface area contributed by atoms with Crippen LogP contribution in [0.15, 0.2) is 42.6 Å². The number of fused-ring (bicyclic) bond motifs is 1. The molecule has 1 aromatic carbocycles. The average Bonchev–Trinajstić information content (AvgIpc) is 3.09. The van der Waals surface area contributed by atoms with Gasteiger partial charge >= 0.3 is 0 Å². The van der Waals surface area contributed by atoms with Gasteiger partial charge in [0.25, 0.3) is 11.8 Å². The van der Waals surface area contributed by atoms with Gasteiger partial charge in [0.2, 0.25) is 5.88 Å². The minimum atomic E-state index is -0.688. The Bertz CT molecular complexity index is 906. The largest absolute Gasteiger partial charge is 0.481 e. The molecular formula is C17H15N3O4S. The fourth-order valence-corrected chi connectivity index (χ4v) is 3.33. The molecule has 0 bridgehead atoms. The highest BCUT2D eigenvalue weighted by atomic mass is 32.1. The summed E-state index contributed by atoms with van der Waals surface area (Å²) in [5, 5.41) is 12.5. The van der Waals surface area contributed by atoms with Gasteiger partial charge in [0.1, 0.15) is 0 Å². The van der Waals surface area contributed by atoms with Gasteiger partial charge in [-0.1, -0.05) is 18.2 Å². The third-order valence-corrected chi connectivity index (χ3v) is 4.69. The molecule has 0 unspecified atom stereocenters. The van der Waals surface area contributed by atoms with Gasteiger partial charge in [-0.2, -0.15) is 0 Å². The number of hydroxylamine groups is 1. The molecule has 3 N–H and O–H groups in total. The lowest BCUT2D eigenvalue weighted by Crippen LogP contribution is -2.23. The van der Waals surface area contributed by atoms with Crippen molar-refractivity contribution in [2.75, 3.05) is 7.11 Å². The predicted octanol–water partition coefficient (Wildman–Crippen LogP) is 2.35. The van der Waals surface area contributed by atoms with Crippen LogP contribution in [0.25, 0.3) is 10.1 Å². The molecule has 2 amide bonds. The maximum atomic E-state index is 12.4. The van der Waals surface area contributed by atoms with E-state index in [9.17, 15) is 9.59 Å². The summed E-state index contributed by atoms with van der Waals surface area (Å²) >= 11 is 1.41. The van der Waals surface area contributed by atoms with Gasteiger partial charge in [-0.25, -0.2) is 10.5 Å². The summed E-state index contributed by atoms with van der Waals surface area (Å²) in [5.74, 6) is -0.612. The van der Waals surface area contributed by atoms with Gasteiger partial charge in [0, 0.05) is 23.0 Å². The zero-order valence-electron chi connectivity index (χ0n) is 13.3. The first-order valence-electron chi connectivity index (χ1n) is 7.36. The number of pyridine rings is 1. The number of nitrogens with one attached hydrogen (secondary N) is 2. The van der Waals surface area contributed by atoms with E-state index in [0.29, 0.717) is 16.3 Å². The van der Waals surface area contributed by atoms with E-state index >= 15 is 0 Å². The molecule has 0 saturated heterocycles. The topological polar surface area (TPSA) is 101 Å². The molecule has 3 rings (SSSR count). The Morgan fingerprint density at radius 1 is 1.24 bits per heavy atom. The summed E-state index contributed by atoms with van der Waals surface area (Å²) < 4.78 is 6.18. The molecule has 2 heterocycles. The summed E-state index contributed by atoms with van der Waals surface area (Å²) in [4.78, 5) is 28.5. The zero-order chi connectivity index (χ0) is 17.8. The molecule has 128 valence electrons. The van der Waals surface area contributed by atoms with Crippen LogP contribution in [0, 0.1) is 0 Å². The van der Waals surface area contributed by atoms with Gasteiger partial charge in [-0.3, -0.25) is 14.8 Å². The summed E-state index contributed by atoms with van der Waals surface area (Å²) in [6, 6.07) is 11.1. The first-order chi connectivity index (χ1) is 12.1. The van der Waals surface area contributed by atoms with Crippen LogP contribution < -0.4 is 15.5 Å². The molecule has 3 aromatic rings. The lowest BCUT2D eigenvalue weighted by Gasteiger charge is -2.10. The van der Waals surface area contributed by atoms with Crippen LogP contribution in [-0.2, 0) is 6.54 Å². The second kappa shape index (κ2) is 7.29. The molecule has 0 atom stereocenters. The van der Waals surface area contributed by atoms with E-state index in [1.807, 2.05) is 30.3 Å². The zero-order valence-corrected chi connectivity index (χ0v) is 14.1. The predicted molar refractivity (Wildman–Crippen MR) is 93.0 cm³/mol. The molecular weight excluding hydrogens is 342 g/mol. The molecule has 0 aliphatic rings. The molecule has 0 aliphatic carbocycles. The van der Waals surface area contributed by atoms with Crippen molar-refractivity contribution in [2.24, 2.45) is 0 Å². The number of ether oxygens (including phenoxy) is 1. The molecule has 0 fully saturated rings.